The first-order valence-electron chi connectivity index (χ1n) is 9.73. The van der Waals surface area contributed by atoms with Gasteiger partial charge < -0.3 is 15.0 Å². The van der Waals surface area contributed by atoms with E-state index in [1.54, 1.807) is 0 Å². The van der Waals surface area contributed by atoms with E-state index in [-0.39, 0.29) is 30.5 Å². The van der Waals surface area contributed by atoms with Gasteiger partial charge >= 0.3 is 5.97 Å². The first-order valence-corrected chi connectivity index (χ1v) is 9.73. The van der Waals surface area contributed by atoms with Crippen molar-refractivity contribution in [3.63, 3.8) is 0 Å². The summed E-state index contributed by atoms with van der Waals surface area (Å²) in [6.45, 7) is 0. The summed E-state index contributed by atoms with van der Waals surface area (Å²) < 4.78 is 5.83. The van der Waals surface area contributed by atoms with Gasteiger partial charge in [-0.25, -0.2) is 4.79 Å². The molecule has 1 unspecified atom stereocenters. The summed E-state index contributed by atoms with van der Waals surface area (Å²) in [4.78, 5) is 14.9. The van der Waals surface area contributed by atoms with Crippen LogP contribution < -0.4 is 10.2 Å². The standard InChI is InChI=1S/C21H28N2O2.ClH/c1-23-19-13-6-5-8-15(19)14-16-9-7-12-18(22-20(16)23)21(24)25-17-10-3-2-4-11-17;/h5-6,8,13,17-18,22H,2-4,7,9-12,14H2,1H3;1H. The Morgan fingerprint density at radius 1 is 1.12 bits per heavy atom. The molecule has 0 amide bonds. The number of allylic oxidation sites excluding steroid dienone is 1. The molecular weight excluding hydrogens is 348 g/mol. The van der Waals surface area contributed by atoms with Crippen LogP contribution >= 0.6 is 12.4 Å². The van der Waals surface area contributed by atoms with Crippen LogP contribution in [0.3, 0.4) is 0 Å². The molecule has 3 aliphatic rings. The van der Waals surface area contributed by atoms with Gasteiger partial charge in [0, 0.05) is 12.7 Å². The van der Waals surface area contributed by atoms with E-state index in [0.29, 0.717) is 0 Å². The van der Waals surface area contributed by atoms with Crippen LogP contribution in [-0.2, 0) is 16.0 Å². The number of esters is 1. The van der Waals surface area contributed by atoms with E-state index in [9.17, 15) is 4.79 Å². The molecule has 1 aromatic carbocycles. The first kappa shape index (κ1) is 19.1. The van der Waals surface area contributed by atoms with Crippen molar-refractivity contribution >= 4 is 24.1 Å². The number of fused-ring (bicyclic) bond motifs is 1. The number of carbonyl (C=O) groups excluding carboxylic acids is 1. The number of rotatable bonds is 2. The monoisotopic (exact) mass is 376 g/mol. The van der Waals surface area contributed by atoms with E-state index in [4.69, 9.17) is 4.74 Å². The zero-order valence-electron chi connectivity index (χ0n) is 15.5. The molecule has 1 atom stereocenters. The van der Waals surface area contributed by atoms with Crippen molar-refractivity contribution in [1.82, 2.24) is 5.32 Å². The summed E-state index contributed by atoms with van der Waals surface area (Å²) in [5.74, 6) is 1.05. The van der Waals surface area contributed by atoms with E-state index in [0.717, 1.165) is 44.3 Å². The van der Waals surface area contributed by atoms with Crippen LogP contribution in [0.4, 0.5) is 5.69 Å². The van der Waals surface area contributed by atoms with Crippen LogP contribution in [-0.4, -0.2) is 25.2 Å². The fraction of sp³-hybridized carbons (Fsp3) is 0.571. The molecule has 1 N–H and O–H groups in total. The highest BCUT2D eigenvalue weighted by Crippen LogP contribution is 2.35. The molecule has 1 saturated carbocycles. The summed E-state index contributed by atoms with van der Waals surface area (Å²) >= 11 is 0. The number of ether oxygens (including phenoxy) is 1. The number of hydrogen-bond donors (Lipinski definition) is 1. The van der Waals surface area contributed by atoms with E-state index < -0.39 is 0 Å². The first-order chi connectivity index (χ1) is 12.2. The lowest BCUT2D eigenvalue weighted by molar-refractivity contribution is -0.153. The normalized spacial score (nSPS) is 23.1. The molecule has 26 heavy (non-hydrogen) atoms. The summed E-state index contributed by atoms with van der Waals surface area (Å²) in [5, 5.41) is 3.53. The minimum Gasteiger partial charge on any atom is -0.461 e. The Kier molecular flexibility index (Phi) is 6.13. The number of para-hydroxylation sites is 1. The smallest absolute Gasteiger partial charge is 0.328 e. The number of anilines is 1. The number of halogens is 1. The van der Waals surface area contributed by atoms with Gasteiger partial charge in [0.1, 0.15) is 18.0 Å². The fourth-order valence-corrected chi connectivity index (χ4v) is 4.43. The highest BCUT2D eigenvalue weighted by atomic mass is 35.5. The van der Waals surface area contributed by atoms with Gasteiger partial charge in [0.05, 0.1) is 0 Å². The third-order valence-corrected chi connectivity index (χ3v) is 5.83. The molecule has 4 nitrogen and oxygen atoms in total. The van der Waals surface area contributed by atoms with Gasteiger partial charge in [-0.2, -0.15) is 0 Å². The molecule has 0 spiro atoms. The van der Waals surface area contributed by atoms with Gasteiger partial charge in [0.2, 0.25) is 0 Å². The number of benzene rings is 1. The summed E-state index contributed by atoms with van der Waals surface area (Å²) in [6, 6.07) is 8.32. The minimum atomic E-state index is -0.220. The molecule has 0 aromatic heterocycles. The van der Waals surface area contributed by atoms with Crippen LogP contribution in [0.25, 0.3) is 0 Å². The van der Waals surface area contributed by atoms with Crippen LogP contribution in [0.1, 0.15) is 56.9 Å². The quantitative estimate of drug-likeness (QED) is 0.780. The highest BCUT2D eigenvalue weighted by Gasteiger charge is 2.31. The number of nitrogens with zero attached hydrogens (tertiary/aromatic N) is 1. The van der Waals surface area contributed by atoms with Crippen molar-refractivity contribution in [3.8, 4) is 0 Å². The topological polar surface area (TPSA) is 41.6 Å². The molecule has 0 bridgehead atoms. The van der Waals surface area contributed by atoms with Gasteiger partial charge in [0.15, 0.2) is 0 Å². The molecule has 1 fully saturated rings. The summed E-state index contributed by atoms with van der Waals surface area (Å²) in [6.07, 6.45) is 9.74. The second-order valence-corrected chi connectivity index (χ2v) is 7.60. The molecule has 2 aliphatic heterocycles. The number of hydrogen-bond acceptors (Lipinski definition) is 4. The Balaban J connectivity index is 0.00000196. The Bertz CT molecular complexity index is 682. The third kappa shape index (κ3) is 3.85. The summed E-state index contributed by atoms with van der Waals surface area (Å²) in [7, 11) is 2.09. The molecule has 1 aromatic rings. The van der Waals surface area contributed by atoms with Crippen molar-refractivity contribution in [2.75, 3.05) is 11.9 Å². The van der Waals surface area contributed by atoms with E-state index in [2.05, 4.69) is 41.5 Å². The fourth-order valence-electron chi connectivity index (χ4n) is 4.43. The Morgan fingerprint density at radius 3 is 2.69 bits per heavy atom. The average Bonchev–Trinajstić information content (AvgIpc) is 2.86. The molecular formula is C21H29ClN2O2. The molecule has 5 heteroatoms. The van der Waals surface area contributed by atoms with Crippen LogP contribution in [0, 0.1) is 0 Å². The van der Waals surface area contributed by atoms with Crippen LogP contribution in [0.5, 0.6) is 0 Å². The predicted molar refractivity (Wildman–Crippen MR) is 107 cm³/mol. The molecule has 0 saturated heterocycles. The maximum Gasteiger partial charge on any atom is 0.328 e. The maximum absolute atomic E-state index is 12.7. The van der Waals surface area contributed by atoms with Crippen molar-refractivity contribution in [2.45, 2.75) is 69.9 Å². The molecule has 1 aliphatic carbocycles. The van der Waals surface area contributed by atoms with E-state index >= 15 is 0 Å². The Labute approximate surface area is 162 Å². The van der Waals surface area contributed by atoms with Crippen LogP contribution in [0.2, 0.25) is 0 Å². The van der Waals surface area contributed by atoms with Crippen LogP contribution in [0.15, 0.2) is 35.7 Å². The minimum absolute atomic E-state index is 0. The van der Waals surface area contributed by atoms with Crippen molar-refractivity contribution in [1.29, 1.82) is 0 Å². The predicted octanol–water partition coefficient (Wildman–Crippen LogP) is 4.33. The third-order valence-electron chi connectivity index (χ3n) is 5.83. The lowest BCUT2D eigenvalue weighted by Crippen LogP contribution is -2.43. The summed E-state index contributed by atoms with van der Waals surface area (Å²) in [5.41, 5.74) is 4.01. The number of carbonyl (C=O) groups is 1. The van der Waals surface area contributed by atoms with Gasteiger partial charge in [-0.05, 0) is 68.6 Å². The second-order valence-electron chi connectivity index (χ2n) is 7.60. The largest absolute Gasteiger partial charge is 0.461 e. The average molecular weight is 377 g/mol. The van der Waals surface area contributed by atoms with Gasteiger partial charge in [-0.1, -0.05) is 24.6 Å². The molecule has 2 heterocycles. The zero-order chi connectivity index (χ0) is 17.2. The lowest BCUT2D eigenvalue weighted by Gasteiger charge is -2.34. The van der Waals surface area contributed by atoms with Crippen molar-refractivity contribution in [2.24, 2.45) is 0 Å². The second kappa shape index (κ2) is 8.34. The highest BCUT2D eigenvalue weighted by molar-refractivity contribution is 5.85. The lowest BCUT2D eigenvalue weighted by atomic mass is 9.95. The van der Waals surface area contributed by atoms with Gasteiger partial charge in [-0.15, -0.1) is 12.4 Å². The van der Waals surface area contributed by atoms with E-state index in [1.165, 1.54) is 36.1 Å². The van der Waals surface area contributed by atoms with E-state index in [1.807, 2.05) is 0 Å². The van der Waals surface area contributed by atoms with Gasteiger partial charge in [-0.3, -0.25) is 0 Å². The number of nitrogens with one attached hydrogen (secondary N) is 1. The molecule has 142 valence electrons. The Morgan fingerprint density at radius 2 is 1.88 bits per heavy atom. The maximum atomic E-state index is 12.7. The van der Waals surface area contributed by atoms with Gasteiger partial charge in [0.25, 0.3) is 0 Å². The molecule has 4 rings (SSSR count). The van der Waals surface area contributed by atoms with Crippen molar-refractivity contribution < 1.29 is 9.53 Å². The van der Waals surface area contributed by atoms with Crippen molar-refractivity contribution in [3.05, 3.63) is 41.2 Å². The zero-order valence-corrected chi connectivity index (χ0v) is 16.3. The SMILES string of the molecule is CN1C2=C(CCCC(C(=O)OC3CCCCC3)N2)Cc2ccccc21.Cl. The Hall–Kier alpha value is -1.68. The molecule has 0 radical (unpaired) electrons.